The third-order valence-corrected chi connectivity index (χ3v) is 10.4. The van der Waals surface area contributed by atoms with Gasteiger partial charge in [-0.25, -0.2) is 0 Å². The Balaban J connectivity index is 1.10. The summed E-state index contributed by atoms with van der Waals surface area (Å²) in [5.74, 6) is 2.49. The summed E-state index contributed by atoms with van der Waals surface area (Å²) < 4.78 is 10.1. The summed E-state index contributed by atoms with van der Waals surface area (Å²) in [6.07, 6.45) is 8.48. The Labute approximate surface area is 246 Å². The van der Waals surface area contributed by atoms with Crippen molar-refractivity contribution < 1.29 is 29.3 Å². The molecule has 1 spiro atoms. The number of ether oxygens (including phenoxy) is 1. The van der Waals surface area contributed by atoms with Crippen LogP contribution in [0.5, 0.6) is 11.5 Å². The van der Waals surface area contributed by atoms with Gasteiger partial charge in [-0.05, 0) is 0 Å². The van der Waals surface area contributed by atoms with E-state index in [1.54, 1.807) is 10.8 Å². The van der Waals surface area contributed by atoms with Crippen molar-refractivity contribution in [2.24, 2.45) is 5.41 Å². The quantitative estimate of drug-likeness (QED) is 0.195. The molecule has 11 heteroatoms. The average Bonchev–Trinajstić information content (AvgIpc) is 3.74. The van der Waals surface area contributed by atoms with Crippen molar-refractivity contribution in [2.75, 3.05) is 31.1 Å². The number of carbonyl (C=O) groups excluding carboxylic acids is 1. The van der Waals surface area contributed by atoms with Crippen LogP contribution in [0.2, 0.25) is 0 Å². The summed E-state index contributed by atoms with van der Waals surface area (Å²) >= 11 is -0.458. The zero-order chi connectivity index (χ0) is 28.0. The van der Waals surface area contributed by atoms with E-state index in [0.29, 0.717) is 0 Å². The molecule has 1 amide bonds. The molecule has 0 radical (unpaired) electrons. The normalized spacial score (nSPS) is 18.7. The minimum atomic E-state index is -0.458. The van der Waals surface area contributed by atoms with Crippen LogP contribution in [0, 0.1) is 12.3 Å². The monoisotopic (exact) mass is 729 g/mol. The molecule has 0 aliphatic carbocycles. The van der Waals surface area contributed by atoms with Crippen LogP contribution in [0.15, 0.2) is 74.0 Å². The van der Waals surface area contributed by atoms with E-state index in [9.17, 15) is 4.79 Å². The molecule has 4 aromatic heterocycles. The van der Waals surface area contributed by atoms with E-state index in [1.165, 1.54) is 16.2 Å². The van der Waals surface area contributed by atoms with Gasteiger partial charge < -0.3 is 0 Å². The molecule has 41 heavy (non-hydrogen) atoms. The van der Waals surface area contributed by atoms with Crippen LogP contribution in [0.4, 0.5) is 5.82 Å². The van der Waals surface area contributed by atoms with E-state index in [-0.39, 0.29) is 11.3 Å². The number of amides is 1. The predicted molar refractivity (Wildman–Crippen MR) is 151 cm³/mol. The summed E-state index contributed by atoms with van der Waals surface area (Å²) in [5, 5.41) is 4.13. The first kappa shape index (κ1) is 25.8. The number of aromatic nitrogens is 6. The molecule has 0 saturated carbocycles. The second-order valence-electron chi connectivity index (χ2n) is 10.5. The number of anilines is 1. The number of carbonyl (C=O) groups is 1. The Hall–Kier alpha value is -4.12. The molecule has 2 saturated heterocycles. The molecule has 211 valence electrons. The number of rotatable bonds is 6. The number of aryl methyl sites for hydroxylation is 1. The summed E-state index contributed by atoms with van der Waals surface area (Å²) in [6, 6.07) is 14.2. The summed E-state index contributed by atoms with van der Waals surface area (Å²) in [5.41, 5.74) is 3.63. The van der Waals surface area contributed by atoms with Crippen LogP contribution < -0.4 is 17.3 Å². The summed E-state index contributed by atoms with van der Waals surface area (Å²) in [6.45, 7) is 9.12. The Morgan fingerprint density at radius 2 is 1.95 bits per heavy atom. The number of hydrogen-bond donors (Lipinski definition) is 0. The molecular weight excluding hydrogens is 701 g/mol. The standard InChI is InChI=1S/C17H18N5O.C13H10N3O.Au/c1-2-16(23)22-8-6-17(11-22)5-7-21(10-17)15-4-3-13-14(20-15)9-18-12-19-13;1-10-4-2-3-5-12(10)17-11-6-7-16-13(8-11)14-9-15-16;/h2-4,12H,1,5-8,10-11H2;3-9H,1H3;. The maximum absolute atomic E-state index is 12.2. The van der Waals surface area contributed by atoms with Crippen molar-refractivity contribution in [3.63, 3.8) is 0 Å². The fraction of sp³-hybridized carbons (Fsp3) is 0.267. The molecule has 1 aromatic carbocycles. The summed E-state index contributed by atoms with van der Waals surface area (Å²) in [4.78, 5) is 34.9. The van der Waals surface area contributed by atoms with Crippen LogP contribution in [-0.4, -0.2) is 66.5 Å². The van der Waals surface area contributed by atoms with Crippen molar-refractivity contribution in [1.82, 2.24) is 34.4 Å². The first-order valence-corrected chi connectivity index (χ1v) is 15.6. The van der Waals surface area contributed by atoms with Gasteiger partial charge in [0.1, 0.15) is 0 Å². The first-order chi connectivity index (χ1) is 20.0. The molecular formula is C30H28AuN8O2. The molecule has 2 aliphatic heterocycles. The minimum absolute atomic E-state index is 0.0256. The van der Waals surface area contributed by atoms with Crippen LogP contribution in [0.1, 0.15) is 18.4 Å². The number of likely N-dealkylation sites (tertiary alicyclic amines) is 1. The molecule has 2 fully saturated rings. The third-order valence-electron chi connectivity index (χ3n) is 7.83. The number of benzene rings is 1. The fourth-order valence-corrected chi connectivity index (χ4v) is 8.15. The van der Waals surface area contributed by atoms with Gasteiger partial charge in [0.2, 0.25) is 0 Å². The topological polar surface area (TPSA) is 102 Å². The number of nitrogens with zero attached hydrogens (tertiary/aromatic N) is 8. The maximum atomic E-state index is 12.2. The Morgan fingerprint density at radius 1 is 1.05 bits per heavy atom. The van der Waals surface area contributed by atoms with Crippen molar-refractivity contribution in [3.05, 3.63) is 79.5 Å². The Kier molecular flexibility index (Phi) is 6.53. The van der Waals surface area contributed by atoms with Gasteiger partial charge in [0, 0.05) is 0 Å². The Morgan fingerprint density at radius 3 is 2.83 bits per heavy atom. The number of pyridine rings is 2. The van der Waals surface area contributed by atoms with Crippen molar-refractivity contribution in [2.45, 2.75) is 19.8 Å². The van der Waals surface area contributed by atoms with Crippen LogP contribution >= 0.6 is 0 Å². The Bertz CT molecular complexity index is 1810. The molecule has 10 nitrogen and oxygen atoms in total. The third kappa shape index (κ3) is 4.99. The van der Waals surface area contributed by atoms with Gasteiger partial charge in [-0.3, -0.25) is 0 Å². The molecule has 0 N–H and O–H groups in total. The van der Waals surface area contributed by atoms with Gasteiger partial charge in [0.05, 0.1) is 0 Å². The van der Waals surface area contributed by atoms with E-state index >= 15 is 0 Å². The fourth-order valence-electron chi connectivity index (χ4n) is 5.65. The molecule has 7 rings (SSSR count). The zero-order valence-electron chi connectivity index (χ0n) is 22.5. The average molecular weight is 730 g/mol. The van der Waals surface area contributed by atoms with Gasteiger partial charge >= 0.3 is 247 Å². The van der Waals surface area contributed by atoms with Crippen LogP contribution in [-0.2, 0) is 24.5 Å². The van der Waals surface area contributed by atoms with Crippen LogP contribution in [0.3, 0.4) is 0 Å². The van der Waals surface area contributed by atoms with Gasteiger partial charge in [0.15, 0.2) is 0 Å². The number of hydrogen-bond acceptors (Lipinski definition) is 8. The van der Waals surface area contributed by atoms with E-state index in [1.807, 2.05) is 35.4 Å². The molecule has 0 bridgehead atoms. The van der Waals surface area contributed by atoms with E-state index in [2.05, 4.69) is 56.7 Å². The second-order valence-corrected chi connectivity index (χ2v) is 13.3. The first-order valence-electron chi connectivity index (χ1n) is 13.4. The van der Waals surface area contributed by atoms with Crippen molar-refractivity contribution in [1.29, 1.82) is 0 Å². The SMILES string of the molecule is C=CC(=O)N1CCC2(CCN(c3ccc4ncn[c]([Au][c]5ccc(Oc6ccn7ncnc7c6)c(C)c5)c4n3)C2)C1. The van der Waals surface area contributed by atoms with E-state index in [4.69, 9.17) is 9.72 Å². The van der Waals surface area contributed by atoms with E-state index < -0.39 is 19.8 Å². The molecule has 2 aliphatic rings. The summed E-state index contributed by atoms with van der Waals surface area (Å²) in [7, 11) is 0. The van der Waals surface area contributed by atoms with Crippen molar-refractivity contribution in [3.8, 4) is 11.5 Å². The molecule has 1 atom stereocenters. The van der Waals surface area contributed by atoms with Gasteiger partial charge in [-0.2, -0.15) is 0 Å². The molecule has 5 aromatic rings. The second kappa shape index (κ2) is 10.4. The van der Waals surface area contributed by atoms with Gasteiger partial charge in [-0.15, -0.1) is 0 Å². The molecule has 1 unspecified atom stereocenters. The van der Waals surface area contributed by atoms with Gasteiger partial charge in [0.25, 0.3) is 0 Å². The predicted octanol–water partition coefficient (Wildman–Crippen LogP) is 2.82. The van der Waals surface area contributed by atoms with Crippen LogP contribution in [0.25, 0.3) is 16.7 Å². The zero-order valence-corrected chi connectivity index (χ0v) is 24.7. The van der Waals surface area contributed by atoms with Crippen molar-refractivity contribution >= 4 is 36.1 Å². The van der Waals surface area contributed by atoms with E-state index in [0.717, 1.165) is 82.5 Å². The number of fused-ring (bicyclic) bond motifs is 2. The van der Waals surface area contributed by atoms with Gasteiger partial charge in [-0.1, -0.05) is 0 Å². The molecule has 6 heterocycles.